The van der Waals surface area contributed by atoms with Crippen molar-refractivity contribution in [1.29, 1.82) is 0 Å². The lowest BCUT2D eigenvalue weighted by molar-refractivity contribution is -0.133. The van der Waals surface area contributed by atoms with Crippen LogP contribution in [0.5, 0.6) is 0 Å². The zero-order valence-corrected chi connectivity index (χ0v) is 16.2. The summed E-state index contributed by atoms with van der Waals surface area (Å²) in [7, 11) is 0. The molecule has 29 heavy (non-hydrogen) atoms. The Labute approximate surface area is 171 Å². The summed E-state index contributed by atoms with van der Waals surface area (Å²) in [4.78, 5) is 42.9. The minimum Gasteiger partial charge on any atom is -0.322 e. The molecule has 0 unspecified atom stereocenters. The molecule has 1 aromatic heterocycles. The first kappa shape index (κ1) is 18.9. The van der Waals surface area contributed by atoms with Crippen LogP contribution in [0.25, 0.3) is 10.8 Å². The predicted octanol–water partition coefficient (Wildman–Crippen LogP) is 3.29. The minimum atomic E-state index is -1.27. The number of hydrogen-bond donors (Lipinski definition) is 2. The average Bonchev–Trinajstić information content (AvgIpc) is 2.93. The van der Waals surface area contributed by atoms with Gasteiger partial charge in [-0.3, -0.25) is 14.5 Å². The van der Waals surface area contributed by atoms with E-state index in [1.165, 1.54) is 6.20 Å². The van der Waals surface area contributed by atoms with E-state index in [0.717, 1.165) is 15.7 Å². The van der Waals surface area contributed by atoms with E-state index in [0.29, 0.717) is 11.3 Å². The topological polar surface area (TPSA) is 91.4 Å². The van der Waals surface area contributed by atoms with E-state index in [-0.39, 0.29) is 5.15 Å². The number of benzene rings is 2. The molecule has 2 heterocycles. The van der Waals surface area contributed by atoms with Gasteiger partial charge in [-0.25, -0.2) is 9.78 Å². The molecule has 1 aliphatic heterocycles. The number of urea groups is 1. The minimum absolute atomic E-state index is 0.124. The molecule has 8 heteroatoms. The van der Waals surface area contributed by atoms with Crippen molar-refractivity contribution >= 4 is 45.9 Å². The number of carbonyl (C=O) groups excluding carboxylic acids is 3. The summed E-state index contributed by atoms with van der Waals surface area (Å²) in [5.74, 6) is -1.04. The summed E-state index contributed by atoms with van der Waals surface area (Å²) < 4.78 is 0. The summed E-state index contributed by atoms with van der Waals surface area (Å²) in [5, 5.41) is 7.24. The van der Waals surface area contributed by atoms with Crippen LogP contribution < -0.4 is 10.6 Å². The van der Waals surface area contributed by atoms with E-state index in [9.17, 15) is 14.4 Å². The fourth-order valence-electron chi connectivity index (χ4n) is 3.50. The largest absolute Gasteiger partial charge is 0.325 e. The van der Waals surface area contributed by atoms with Gasteiger partial charge in [-0.2, -0.15) is 0 Å². The maximum Gasteiger partial charge on any atom is 0.325 e. The molecule has 0 aliphatic carbocycles. The van der Waals surface area contributed by atoms with Gasteiger partial charge < -0.3 is 10.6 Å². The van der Waals surface area contributed by atoms with Crippen molar-refractivity contribution in [2.45, 2.75) is 12.5 Å². The molecule has 0 saturated carbocycles. The third-order valence-electron chi connectivity index (χ3n) is 4.94. The van der Waals surface area contributed by atoms with Gasteiger partial charge in [-0.15, -0.1) is 0 Å². The molecule has 1 aliphatic rings. The Morgan fingerprint density at radius 3 is 2.69 bits per heavy atom. The van der Waals surface area contributed by atoms with E-state index in [2.05, 4.69) is 15.6 Å². The lowest BCUT2D eigenvalue weighted by atomic mass is 9.88. The van der Waals surface area contributed by atoms with Crippen LogP contribution in [0.2, 0.25) is 5.15 Å². The van der Waals surface area contributed by atoms with E-state index in [1.807, 2.05) is 36.4 Å². The molecule has 1 atom stereocenters. The molecule has 146 valence electrons. The second-order valence-electron chi connectivity index (χ2n) is 6.86. The summed E-state index contributed by atoms with van der Waals surface area (Å²) >= 11 is 5.94. The van der Waals surface area contributed by atoms with Gasteiger partial charge in [0, 0.05) is 6.20 Å². The molecule has 4 rings (SSSR count). The fraction of sp³-hybridized carbons (Fsp3) is 0.143. The zero-order valence-electron chi connectivity index (χ0n) is 15.5. The van der Waals surface area contributed by atoms with Crippen LogP contribution in [-0.2, 0) is 15.1 Å². The standard InChI is InChI=1S/C21H17ClN4O3/c1-21(15-9-4-7-13-6-2-3-8-14(13)15)19(28)26(20(29)25-21)12-17(27)24-16-10-5-11-23-18(16)22/h2-11H,12H2,1H3,(H,24,27)(H,25,29)/t21-/m1/s1. The summed E-state index contributed by atoms with van der Waals surface area (Å²) in [6.45, 7) is 1.21. The molecular weight excluding hydrogens is 392 g/mol. The van der Waals surface area contributed by atoms with Gasteiger partial charge in [0.15, 0.2) is 5.15 Å². The normalized spacial score (nSPS) is 18.8. The Kier molecular flexibility index (Phi) is 4.68. The number of nitrogens with zero attached hydrogens (tertiary/aromatic N) is 2. The van der Waals surface area contributed by atoms with E-state index in [1.54, 1.807) is 25.1 Å². The number of rotatable bonds is 4. The number of hydrogen-bond acceptors (Lipinski definition) is 4. The molecule has 1 fully saturated rings. The van der Waals surface area contributed by atoms with Crippen LogP contribution in [-0.4, -0.2) is 34.3 Å². The Hall–Kier alpha value is -3.45. The smallest absolute Gasteiger partial charge is 0.322 e. The zero-order chi connectivity index (χ0) is 20.6. The Bertz CT molecular complexity index is 1140. The number of anilines is 1. The van der Waals surface area contributed by atoms with Crippen molar-refractivity contribution in [3.63, 3.8) is 0 Å². The number of pyridine rings is 1. The lowest BCUT2D eigenvalue weighted by Gasteiger charge is -2.24. The predicted molar refractivity (Wildman–Crippen MR) is 109 cm³/mol. The molecule has 2 N–H and O–H groups in total. The molecule has 4 amide bonds. The summed E-state index contributed by atoms with van der Waals surface area (Å²) in [5.41, 5.74) is -0.292. The number of amides is 4. The summed E-state index contributed by atoms with van der Waals surface area (Å²) in [6.07, 6.45) is 1.49. The maximum atomic E-state index is 13.2. The highest BCUT2D eigenvalue weighted by atomic mass is 35.5. The third kappa shape index (κ3) is 3.30. The quantitative estimate of drug-likeness (QED) is 0.512. The fourth-order valence-corrected chi connectivity index (χ4v) is 3.66. The van der Waals surface area contributed by atoms with Crippen molar-refractivity contribution in [1.82, 2.24) is 15.2 Å². The highest BCUT2D eigenvalue weighted by Gasteiger charge is 2.50. The average molecular weight is 409 g/mol. The monoisotopic (exact) mass is 408 g/mol. The van der Waals surface area contributed by atoms with Gasteiger partial charge in [0.2, 0.25) is 5.91 Å². The number of nitrogens with one attached hydrogen (secondary N) is 2. The first-order valence-electron chi connectivity index (χ1n) is 8.93. The highest BCUT2D eigenvalue weighted by Crippen LogP contribution is 2.33. The van der Waals surface area contributed by atoms with Crippen molar-refractivity contribution in [2.75, 3.05) is 11.9 Å². The van der Waals surface area contributed by atoms with Gasteiger partial charge >= 0.3 is 6.03 Å². The first-order valence-corrected chi connectivity index (χ1v) is 9.30. The van der Waals surface area contributed by atoms with Gasteiger partial charge in [0.25, 0.3) is 5.91 Å². The molecule has 0 radical (unpaired) electrons. The van der Waals surface area contributed by atoms with Crippen molar-refractivity contribution < 1.29 is 14.4 Å². The van der Waals surface area contributed by atoms with Crippen molar-refractivity contribution in [3.8, 4) is 0 Å². The van der Waals surface area contributed by atoms with E-state index < -0.39 is 29.9 Å². The maximum absolute atomic E-state index is 13.2. The summed E-state index contributed by atoms with van der Waals surface area (Å²) in [6, 6.07) is 15.8. The number of halogens is 1. The molecule has 0 spiro atoms. The van der Waals surface area contributed by atoms with Crippen LogP contribution >= 0.6 is 11.6 Å². The number of imide groups is 1. The third-order valence-corrected chi connectivity index (χ3v) is 5.24. The highest BCUT2D eigenvalue weighted by molar-refractivity contribution is 6.32. The van der Waals surface area contributed by atoms with Crippen LogP contribution in [0.1, 0.15) is 12.5 Å². The number of carbonyl (C=O) groups is 3. The van der Waals surface area contributed by atoms with Crippen LogP contribution in [0.3, 0.4) is 0 Å². The van der Waals surface area contributed by atoms with Crippen LogP contribution in [0, 0.1) is 0 Å². The Balaban J connectivity index is 1.60. The SMILES string of the molecule is C[C@]1(c2cccc3ccccc23)NC(=O)N(CC(=O)Nc2cccnc2Cl)C1=O. The second kappa shape index (κ2) is 7.18. The van der Waals surface area contributed by atoms with Crippen LogP contribution in [0.15, 0.2) is 60.8 Å². The Morgan fingerprint density at radius 1 is 1.14 bits per heavy atom. The van der Waals surface area contributed by atoms with Gasteiger partial charge in [-0.1, -0.05) is 54.1 Å². The van der Waals surface area contributed by atoms with E-state index in [4.69, 9.17) is 11.6 Å². The lowest BCUT2D eigenvalue weighted by Crippen LogP contribution is -2.42. The van der Waals surface area contributed by atoms with Crippen LogP contribution in [0.4, 0.5) is 10.5 Å². The number of aromatic nitrogens is 1. The molecule has 1 saturated heterocycles. The first-order chi connectivity index (χ1) is 13.9. The molecule has 7 nitrogen and oxygen atoms in total. The van der Waals surface area contributed by atoms with Gasteiger partial charge in [-0.05, 0) is 35.4 Å². The van der Waals surface area contributed by atoms with E-state index >= 15 is 0 Å². The molecule has 2 aromatic carbocycles. The van der Waals surface area contributed by atoms with Gasteiger partial charge in [0.05, 0.1) is 5.69 Å². The van der Waals surface area contributed by atoms with Crippen molar-refractivity contribution in [3.05, 3.63) is 71.5 Å². The van der Waals surface area contributed by atoms with Crippen molar-refractivity contribution in [2.24, 2.45) is 0 Å². The molecular formula is C21H17ClN4O3. The second-order valence-corrected chi connectivity index (χ2v) is 7.22. The molecule has 0 bridgehead atoms. The van der Waals surface area contributed by atoms with Gasteiger partial charge in [0.1, 0.15) is 12.1 Å². The number of fused-ring (bicyclic) bond motifs is 1. The Morgan fingerprint density at radius 2 is 1.90 bits per heavy atom. The molecule has 3 aromatic rings.